The third-order valence-corrected chi connectivity index (χ3v) is 0. The van der Waals surface area contributed by atoms with Crippen molar-refractivity contribution in [2.45, 2.75) is 0 Å². The van der Waals surface area contributed by atoms with E-state index < -0.39 is 0 Å². The summed E-state index contributed by atoms with van der Waals surface area (Å²) in [4.78, 5) is 0. The molecule has 1 nitrogen and oxygen atoms in total. The minimum atomic E-state index is -0.333. The van der Waals surface area contributed by atoms with Crippen LogP contribution in [0.1, 0.15) is 1.43 Å². The van der Waals surface area contributed by atoms with Crippen LogP contribution in [-0.2, 0) is 4.57 Å². The summed E-state index contributed by atoms with van der Waals surface area (Å²) in [6.07, 6.45) is 0. The van der Waals surface area contributed by atoms with Crippen LogP contribution in [-0.4, -0.2) is 7.57 Å². The molecule has 0 saturated heterocycles. The molecule has 0 unspecified atom stereocenters. The smallest absolute Gasteiger partial charge is 1.00 e. The van der Waals surface area contributed by atoms with Gasteiger partial charge in [0.05, 0.1) is 8.34 Å². The van der Waals surface area contributed by atoms with Crippen LogP contribution in [0, 0.1) is 0 Å². The van der Waals surface area contributed by atoms with Crippen molar-refractivity contribution >= 4 is 15.9 Å². The molecule has 0 aliphatic rings. The van der Waals surface area contributed by atoms with Crippen molar-refractivity contribution in [1.29, 1.82) is 0 Å². The summed E-state index contributed by atoms with van der Waals surface area (Å²) in [7, 11) is 3.93. The van der Waals surface area contributed by atoms with Gasteiger partial charge in [0.25, 0.3) is 0 Å². The van der Waals surface area contributed by atoms with Crippen LogP contribution in [0.2, 0.25) is 0 Å². The number of hydrogen-bond donors (Lipinski definition) is 0. The van der Waals surface area contributed by atoms with Gasteiger partial charge in [0.15, 0.2) is 0 Å². The van der Waals surface area contributed by atoms with Gasteiger partial charge in [-0.05, 0) is 0 Å². The summed E-state index contributed by atoms with van der Waals surface area (Å²) in [5.41, 5.74) is 0. The first kappa shape index (κ1) is 9.36. The summed E-state index contributed by atoms with van der Waals surface area (Å²) in [6, 6.07) is 0. The van der Waals surface area contributed by atoms with Gasteiger partial charge >= 0.3 is 58.2 Å². The predicted octanol–water partition coefficient (Wildman–Crippen LogP) is -2.52. The molecular weight excluding hydrogens is 143 g/mol. The molecule has 0 spiro atoms. The minimum absolute atomic E-state index is 0. The molecule has 0 N–H and O–H groups in total. The van der Waals surface area contributed by atoms with Crippen LogP contribution in [0.15, 0.2) is 0 Å². The third kappa shape index (κ3) is 9.02. The Morgan fingerprint density at radius 3 is 2.00 bits per heavy atom. The van der Waals surface area contributed by atoms with Crippen molar-refractivity contribution in [3.05, 3.63) is 0 Å². The van der Waals surface area contributed by atoms with Gasteiger partial charge in [0.1, 0.15) is 0 Å². The van der Waals surface area contributed by atoms with E-state index in [0.717, 1.165) is 0 Å². The molecular formula is HBOPRb. The average Bonchev–Trinajstić information content (AvgIpc) is 0.918. The van der Waals surface area contributed by atoms with Gasteiger partial charge in [-0.1, -0.05) is 0 Å². The minimum Gasteiger partial charge on any atom is -1.00 e. The molecule has 0 atom stereocenters. The third-order valence-electron chi connectivity index (χ3n) is 0. The summed E-state index contributed by atoms with van der Waals surface area (Å²) >= 11 is 0. The maximum absolute atomic E-state index is 8.68. The van der Waals surface area contributed by atoms with Crippen molar-refractivity contribution < 1.29 is 64.2 Å². The summed E-state index contributed by atoms with van der Waals surface area (Å²) in [5, 5.41) is 0. The molecule has 16 valence electrons. The Balaban J connectivity index is -0.0000000200. The van der Waals surface area contributed by atoms with Crippen LogP contribution in [0.3, 0.4) is 0 Å². The molecule has 0 rings (SSSR count). The average molecular weight is 144 g/mol. The Morgan fingerprint density at radius 1 is 2.00 bits per heavy atom. The van der Waals surface area contributed by atoms with Crippen LogP contribution in [0.25, 0.3) is 0 Å². The fourth-order valence-corrected chi connectivity index (χ4v) is 0. The maximum atomic E-state index is 8.68. The van der Waals surface area contributed by atoms with E-state index in [4.69, 9.17) is 4.57 Å². The molecule has 0 aromatic heterocycles. The fourth-order valence-electron chi connectivity index (χ4n) is 0. The van der Waals surface area contributed by atoms with Gasteiger partial charge < -0.3 is 1.43 Å². The second-order valence-electron chi connectivity index (χ2n) is 0.105. The quantitative estimate of drug-likeness (QED) is 0.271. The zero-order valence-electron chi connectivity index (χ0n) is 3.43. The summed E-state index contributed by atoms with van der Waals surface area (Å²) < 4.78 is 8.68. The standard InChI is InChI=1S/BOP.Rb.H/c1-3-2;;/q;+1;-1. The molecule has 0 saturated carbocycles. The first-order valence-electron chi connectivity index (χ1n) is 0.441. The van der Waals surface area contributed by atoms with E-state index in [1.807, 2.05) is 0 Å². The van der Waals surface area contributed by atoms with Crippen molar-refractivity contribution in [1.82, 2.24) is 0 Å². The van der Waals surface area contributed by atoms with Gasteiger partial charge in [0.2, 0.25) is 7.57 Å². The van der Waals surface area contributed by atoms with Gasteiger partial charge in [-0.25, -0.2) is 0 Å². The van der Waals surface area contributed by atoms with E-state index in [1.54, 1.807) is 0 Å². The van der Waals surface area contributed by atoms with E-state index >= 15 is 0 Å². The van der Waals surface area contributed by atoms with E-state index in [1.165, 1.54) is 0 Å². The first-order valence-corrected chi connectivity index (χ1v) is 1.32. The Kier molecular flexibility index (Phi) is 20.8. The summed E-state index contributed by atoms with van der Waals surface area (Å²) in [6.45, 7) is 0. The first-order chi connectivity index (χ1) is 1.41. The van der Waals surface area contributed by atoms with Crippen LogP contribution in [0.4, 0.5) is 0 Å². The molecule has 0 aliphatic carbocycles. The van der Waals surface area contributed by atoms with Crippen molar-refractivity contribution in [3.8, 4) is 0 Å². The van der Waals surface area contributed by atoms with Gasteiger partial charge in [-0.3, -0.25) is 4.57 Å². The molecule has 4 heteroatoms. The SMILES string of the molecule is [B]P=O.[H-].[Rb+]. The van der Waals surface area contributed by atoms with Gasteiger partial charge in [-0.15, -0.1) is 0 Å². The Bertz CT molecular complexity index is 19.1. The molecule has 0 heterocycles. The van der Waals surface area contributed by atoms with E-state index in [9.17, 15) is 0 Å². The molecule has 0 aliphatic heterocycles. The predicted molar refractivity (Wildman–Crippen MR) is 14.5 cm³/mol. The van der Waals surface area contributed by atoms with E-state index in [0.29, 0.717) is 0 Å². The van der Waals surface area contributed by atoms with Crippen molar-refractivity contribution in [2.24, 2.45) is 0 Å². The zero-order valence-corrected chi connectivity index (χ0v) is 8.24. The van der Waals surface area contributed by atoms with Crippen molar-refractivity contribution in [3.63, 3.8) is 0 Å². The molecule has 2 radical (unpaired) electrons. The summed E-state index contributed by atoms with van der Waals surface area (Å²) in [5.74, 6) is 0. The largest absolute Gasteiger partial charge is 1.00 e. The monoisotopic (exact) mass is 144 g/mol. The maximum Gasteiger partial charge on any atom is 1.00 e. The Morgan fingerprint density at radius 2 is 2.00 bits per heavy atom. The van der Waals surface area contributed by atoms with Gasteiger partial charge in [-0.2, -0.15) is 0 Å². The Hall–Kier alpha value is 1.97. The zero-order chi connectivity index (χ0) is 2.71. The fraction of sp³-hybridized carbons (Fsp3) is 0. The number of hydrogen-bond acceptors (Lipinski definition) is 1. The van der Waals surface area contributed by atoms with Crippen LogP contribution < -0.4 is 58.2 Å². The molecule has 0 bridgehead atoms. The van der Waals surface area contributed by atoms with E-state index in [2.05, 4.69) is 7.57 Å². The molecule has 0 aromatic carbocycles. The number of rotatable bonds is 0. The van der Waals surface area contributed by atoms with Crippen LogP contribution >= 0.6 is 8.34 Å². The van der Waals surface area contributed by atoms with Gasteiger partial charge in [0, 0.05) is 0 Å². The second kappa shape index (κ2) is 8.88. The molecule has 0 aromatic rings. The molecule has 0 fully saturated rings. The topological polar surface area (TPSA) is 17.1 Å². The normalized spacial score (nSPS) is 5.00. The van der Waals surface area contributed by atoms with E-state index in [-0.39, 0.29) is 68.0 Å². The molecule has 0 amide bonds. The second-order valence-corrected chi connectivity index (χ2v) is 0.316. The van der Waals surface area contributed by atoms with Crippen LogP contribution in [0.5, 0.6) is 0 Å². The molecule has 4 heavy (non-hydrogen) atoms. The van der Waals surface area contributed by atoms with Crippen molar-refractivity contribution in [2.75, 3.05) is 0 Å². The Labute approximate surface area is 78.4 Å².